The number of ether oxygens (including phenoxy) is 4. The maximum Gasteiger partial charge on any atom is 0.328 e. The molecule has 176 valence electrons. The lowest BCUT2D eigenvalue weighted by Crippen LogP contribution is -2.13. The average Bonchev–Trinajstić information content (AvgIpc) is 2.80. The van der Waals surface area contributed by atoms with Gasteiger partial charge in [-0.1, -0.05) is 18.2 Å². The molecule has 9 nitrogen and oxygen atoms in total. The molecule has 0 radical (unpaired) electrons. The zero-order valence-electron chi connectivity index (χ0n) is 18.1. The maximum atomic E-state index is 10.7. The van der Waals surface area contributed by atoms with Gasteiger partial charge < -0.3 is 34.3 Å². The molecule has 0 atom stereocenters. The maximum absolute atomic E-state index is 10.7. The number of aliphatic hydroxyl groups is 1. The van der Waals surface area contributed by atoms with Crippen molar-refractivity contribution in [1.82, 2.24) is 0 Å². The Kier molecular flexibility index (Phi) is 10.5. The van der Waals surface area contributed by atoms with Gasteiger partial charge in [0.1, 0.15) is 19.0 Å². The fraction of sp³-hybridized carbons (Fsp3) is 0.250. The third-order valence-electron chi connectivity index (χ3n) is 4.26. The monoisotopic (exact) mass is 458 g/mol. The molecule has 2 aromatic carbocycles. The zero-order valence-corrected chi connectivity index (χ0v) is 18.1. The molecule has 0 spiro atoms. The second kappa shape index (κ2) is 13.6. The molecule has 33 heavy (non-hydrogen) atoms. The fourth-order valence-corrected chi connectivity index (χ4v) is 2.71. The van der Waals surface area contributed by atoms with Crippen LogP contribution in [-0.4, -0.2) is 60.8 Å². The molecule has 0 saturated heterocycles. The van der Waals surface area contributed by atoms with Crippen LogP contribution in [0.3, 0.4) is 0 Å². The van der Waals surface area contributed by atoms with Crippen LogP contribution in [0.25, 0.3) is 12.2 Å². The summed E-state index contributed by atoms with van der Waals surface area (Å²) in [4.78, 5) is 21.3. The number of methoxy groups -OCH3 is 1. The number of aliphatic carboxylic acids is 2. The van der Waals surface area contributed by atoms with Crippen molar-refractivity contribution >= 4 is 24.1 Å². The summed E-state index contributed by atoms with van der Waals surface area (Å²) in [5.74, 6) is -0.678. The minimum absolute atomic E-state index is 0.213. The van der Waals surface area contributed by atoms with Gasteiger partial charge in [0.05, 0.1) is 26.9 Å². The topological polar surface area (TPSA) is 132 Å². The molecule has 0 aliphatic rings. The van der Waals surface area contributed by atoms with Gasteiger partial charge in [0.2, 0.25) is 0 Å². The summed E-state index contributed by atoms with van der Waals surface area (Å²) < 4.78 is 22.1. The second-order valence-electron chi connectivity index (χ2n) is 6.59. The Morgan fingerprint density at radius 3 is 1.88 bits per heavy atom. The lowest BCUT2D eigenvalue weighted by molar-refractivity contribution is -0.132. The van der Waals surface area contributed by atoms with Gasteiger partial charge >= 0.3 is 11.9 Å². The van der Waals surface area contributed by atoms with E-state index in [1.54, 1.807) is 36.4 Å². The lowest BCUT2D eigenvalue weighted by Gasteiger charge is -2.13. The molecule has 2 rings (SSSR count). The third kappa shape index (κ3) is 9.06. The number of hydrogen-bond donors (Lipinski definition) is 3. The van der Waals surface area contributed by atoms with Crippen LogP contribution in [0.2, 0.25) is 0 Å². The molecule has 0 heterocycles. The highest BCUT2D eigenvalue weighted by Crippen LogP contribution is 2.28. The SMILES string of the molecule is COc1ccc(/C=C/C(=O)O)cc1OCCOCCOc1cc(/C=C/C(=O)O)ccc1CO. The molecule has 0 aliphatic heterocycles. The van der Waals surface area contributed by atoms with Crippen molar-refractivity contribution in [3.63, 3.8) is 0 Å². The number of carboxylic acids is 2. The van der Waals surface area contributed by atoms with E-state index >= 15 is 0 Å². The van der Waals surface area contributed by atoms with Gasteiger partial charge in [-0.3, -0.25) is 0 Å². The number of aliphatic hydroxyl groups excluding tert-OH is 1. The normalized spacial score (nSPS) is 11.1. The van der Waals surface area contributed by atoms with E-state index in [1.165, 1.54) is 19.3 Å². The van der Waals surface area contributed by atoms with Crippen LogP contribution in [-0.2, 0) is 20.9 Å². The molecular formula is C24H26O9. The summed E-state index contributed by atoms with van der Waals surface area (Å²) in [7, 11) is 1.51. The quantitative estimate of drug-likeness (QED) is 0.289. The van der Waals surface area contributed by atoms with E-state index in [-0.39, 0.29) is 33.0 Å². The number of hydrogen-bond acceptors (Lipinski definition) is 7. The predicted octanol–water partition coefficient (Wildman–Crippen LogP) is 2.86. The molecule has 0 saturated carbocycles. The van der Waals surface area contributed by atoms with Crippen molar-refractivity contribution in [2.24, 2.45) is 0 Å². The number of benzene rings is 2. The van der Waals surface area contributed by atoms with Crippen molar-refractivity contribution < 1.29 is 43.9 Å². The fourth-order valence-electron chi connectivity index (χ4n) is 2.71. The van der Waals surface area contributed by atoms with Crippen LogP contribution in [0.4, 0.5) is 0 Å². The number of rotatable bonds is 14. The largest absolute Gasteiger partial charge is 0.493 e. The van der Waals surface area contributed by atoms with Crippen LogP contribution in [0.5, 0.6) is 17.2 Å². The molecule has 0 unspecified atom stereocenters. The Labute approximate surface area is 191 Å². The van der Waals surface area contributed by atoms with Gasteiger partial charge in [-0.25, -0.2) is 9.59 Å². The minimum atomic E-state index is -1.06. The van der Waals surface area contributed by atoms with E-state index in [4.69, 9.17) is 29.2 Å². The highest BCUT2D eigenvalue weighted by Gasteiger charge is 2.06. The van der Waals surface area contributed by atoms with Gasteiger partial charge in [-0.05, 0) is 41.5 Å². The molecule has 0 aromatic heterocycles. The molecular weight excluding hydrogens is 432 g/mol. The molecule has 9 heteroatoms. The van der Waals surface area contributed by atoms with Crippen LogP contribution in [0.1, 0.15) is 16.7 Å². The first-order valence-corrected chi connectivity index (χ1v) is 10.00. The van der Waals surface area contributed by atoms with Crippen molar-refractivity contribution in [2.75, 3.05) is 33.5 Å². The van der Waals surface area contributed by atoms with Crippen molar-refractivity contribution in [3.05, 3.63) is 65.2 Å². The molecule has 0 amide bonds. The van der Waals surface area contributed by atoms with Crippen molar-refractivity contribution in [2.45, 2.75) is 6.61 Å². The smallest absolute Gasteiger partial charge is 0.328 e. The Morgan fingerprint density at radius 2 is 1.33 bits per heavy atom. The molecule has 0 fully saturated rings. The Bertz CT molecular complexity index is 916. The van der Waals surface area contributed by atoms with E-state index in [1.807, 2.05) is 0 Å². The molecule has 2 aromatic rings. The van der Waals surface area contributed by atoms with Gasteiger partial charge in [0.15, 0.2) is 11.5 Å². The zero-order chi connectivity index (χ0) is 24.1. The minimum Gasteiger partial charge on any atom is -0.493 e. The Balaban J connectivity index is 1.80. The number of carboxylic acid groups (broad SMARTS) is 2. The summed E-state index contributed by atoms with van der Waals surface area (Å²) in [6.45, 7) is 0.783. The summed E-state index contributed by atoms with van der Waals surface area (Å²) >= 11 is 0. The molecule has 0 aliphatic carbocycles. The molecule has 0 bridgehead atoms. The first kappa shape index (κ1) is 25.4. The van der Waals surface area contributed by atoms with E-state index in [0.29, 0.717) is 33.9 Å². The Hall–Kier alpha value is -3.82. The van der Waals surface area contributed by atoms with Gasteiger partial charge in [0, 0.05) is 17.7 Å². The number of carbonyl (C=O) groups is 2. The third-order valence-corrected chi connectivity index (χ3v) is 4.26. The summed E-state index contributed by atoms with van der Waals surface area (Å²) in [5.41, 5.74) is 1.87. The van der Waals surface area contributed by atoms with Crippen LogP contribution >= 0.6 is 0 Å². The van der Waals surface area contributed by atoms with E-state index in [2.05, 4.69) is 0 Å². The predicted molar refractivity (Wildman–Crippen MR) is 121 cm³/mol. The summed E-state index contributed by atoms with van der Waals surface area (Å²) in [6, 6.07) is 10.1. The van der Waals surface area contributed by atoms with Gasteiger partial charge in [0.25, 0.3) is 0 Å². The van der Waals surface area contributed by atoms with E-state index in [9.17, 15) is 14.7 Å². The second-order valence-corrected chi connectivity index (χ2v) is 6.59. The average molecular weight is 458 g/mol. The summed E-state index contributed by atoms with van der Waals surface area (Å²) in [6.07, 6.45) is 4.95. The van der Waals surface area contributed by atoms with Crippen LogP contribution in [0, 0.1) is 0 Å². The van der Waals surface area contributed by atoms with Crippen molar-refractivity contribution in [3.8, 4) is 17.2 Å². The van der Waals surface area contributed by atoms with Gasteiger partial charge in [-0.2, -0.15) is 0 Å². The standard InChI is InChI=1S/C24H26O9/c1-30-20-7-3-18(5-9-24(28)29)15-22(20)33-13-11-31-10-12-32-21-14-17(4-8-23(26)27)2-6-19(21)16-25/h2-9,14-15,25H,10-13,16H2,1H3,(H,26,27)(H,28,29)/b8-4+,9-5+. The highest BCUT2D eigenvalue weighted by molar-refractivity contribution is 5.85. The first-order chi connectivity index (χ1) is 15.9. The van der Waals surface area contributed by atoms with Crippen molar-refractivity contribution in [1.29, 1.82) is 0 Å². The van der Waals surface area contributed by atoms with Crippen LogP contribution in [0.15, 0.2) is 48.6 Å². The van der Waals surface area contributed by atoms with Crippen LogP contribution < -0.4 is 14.2 Å². The first-order valence-electron chi connectivity index (χ1n) is 10.00. The molecule has 3 N–H and O–H groups in total. The lowest BCUT2D eigenvalue weighted by atomic mass is 10.1. The van der Waals surface area contributed by atoms with E-state index in [0.717, 1.165) is 12.2 Å². The highest BCUT2D eigenvalue weighted by atomic mass is 16.6. The summed E-state index contributed by atoms with van der Waals surface area (Å²) in [5, 5.41) is 26.9. The Morgan fingerprint density at radius 1 is 0.788 bits per heavy atom. The van der Waals surface area contributed by atoms with E-state index < -0.39 is 11.9 Å². The van der Waals surface area contributed by atoms with Gasteiger partial charge in [-0.15, -0.1) is 0 Å².